The van der Waals surface area contributed by atoms with Gasteiger partial charge in [-0.15, -0.1) is 0 Å². The number of rotatable bonds is 7. The van der Waals surface area contributed by atoms with Crippen LogP contribution in [0.4, 0.5) is 5.69 Å². The zero-order valence-electron chi connectivity index (χ0n) is 24.4. The van der Waals surface area contributed by atoms with Gasteiger partial charge in [0.1, 0.15) is 13.7 Å². The summed E-state index contributed by atoms with van der Waals surface area (Å²) in [6.07, 6.45) is 0.0619. The fraction of sp³-hybridized carbons (Fsp3) is 0.643. The van der Waals surface area contributed by atoms with Gasteiger partial charge in [0.2, 0.25) is 0 Å². The molecule has 226 valence electrons. The minimum Gasteiger partial charge on any atom is -0.379 e. The predicted octanol–water partition coefficient (Wildman–Crippen LogP) is 2.59. The number of ether oxygens (including phenoxy) is 4. The molecule has 0 unspecified atom stereocenters. The molecule has 6 rings (SSSR count). The summed E-state index contributed by atoms with van der Waals surface area (Å²) in [5.74, 6) is 0. The van der Waals surface area contributed by atoms with Crippen molar-refractivity contribution in [1.82, 2.24) is 23.2 Å². The van der Waals surface area contributed by atoms with E-state index in [9.17, 15) is 0 Å². The van der Waals surface area contributed by atoms with Crippen molar-refractivity contribution in [3.63, 3.8) is 0 Å². The Hall–Kier alpha value is -0.940. The molecule has 4 saturated heterocycles. The van der Waals surface area contributed by atoms with E-state index in [-0.39, 0.29) is 0 Å². The molecule has 13 heteroatoms. The molecule has 0 radical (unpaired) electrons. The number of aryl methyl sites for hydroxylation is 2. The molecule has 2 aromatic rings. The highest BCUT2D eigenvalue weighted by molar-refractivity contribution is 8.15. The lowest BCUT2D eigenvalue weighted by Gasteiger charge is -2.47. The summed E-state index contributed by atoms with van der Waals surface area (Å²) in [7, 11) is -0.240. The first-order valence-corrected chi connectivity index (χ1v) is 19.2. The molecule has 5 heterocycles. The van der Waals surface area contributed by atoms with Gasteiger partial charge in [0.15, 0.2) is 0 Å². The van der Waals surface area contributed by atoms with E-state index in [0.717, 1.165) is 84.5 Å². The number of hydrogen-bond donors (Lipinski definition) is 0. The summed E-state index contributed by atoms with van der Waals surface area (Å²) < 4.78 is 41.8. The summed E-state index contributed by atoms with van der Waals surface area (Å²) in [4.78, 5) is 0. The zero-order valence-corrected chi connectivity index (χ0v) is 27.0. The molecule has 0 amide bonds. The standard InChI is InChI=1S/C28H44N6O4P2S/c1-25-5-3-4-6-27(25)29-39(31-7-15-35-16-8-31,32-9-17-36-18-10-32)28-23-26(24-30(28)2)40(41,33-11-19-37-20-12-33)34-13-21-38-22-14-34/h3-6,23-24H,7-22H2,1-2H3. The van der Waals surface area contributed by atoms with Crippen molar-refractivity contribution in [2.24, 2.45) is 11.8 Å². The molecule has 0 aliphatic carbocycles. The maximum atomic E-state index is 6.82. The van der Waals surface area contributed by atoms with E-state index >= 15 is 0 Å². The van der Waals surface area contributed by atoms with Crippen LogP contribution in [-0.2, 0) is 37.8 Å². The number of benzene rings is 1. The molecule has 0 bridgehead atoms. The first kappa shape index (κ1) is 30.1. The van der Waals surface area contributed by atoms with Gasteiger partial charge in [0, 0.05) is 70.9 Å². The van der Waals surface area contributed by atoms with Crippen molar-refractivity contribution in [2.75, 3.05) is 105 Å². The lowest BCUT2D eigenvalue weighted by atomic mass is 10.2. The Balaban J connectivity index is 1.55. The van der Waals surface area contributed by atoms with E-state index < -0.39 is 13.7 Å². The number of nitrogens with zero attached hydrogens (tertiary/aromatic N) is 6. The minimum atomic E-state index is -2.44. The first-order valence-electron chi connectivity index (χ1n) is 14.8. The van der Waals surface area contributed by atoms with Crippen molar-refractivity contribution >= 4 is 41.9 Å². The molecule has 1 aromatic carbocycles. The molecule has 10 nitrogen and oxygen atoms in total. The average Bonchev–Trinajstić information content (AvgIpc) is 3.44. The molecule has 0 spiro atoms. The van der Waals surface area contributed by atoms with Crippen LogP contribution in [-0.4, -0.2) is 128 Å². The monoisotopic (exact) mass is 622 g/mol. The Morgan fingerprint density at radius 1 is 0.683 bits per heavy atom. The molecule has 41 heavy (non-hydrogen) atoms. The van der Waals surface area contributed by atoms with E-state index in [4.69, 9.17) is 35.5 Å². The smallest absolute Gasteiger partial charge is 0.148 e. The second-order valence-corrected chi connectivity index (χ2v) is 18.1. The van der Waals surface area contributed by atoms with Gasteiger partial charge < -0.3 is 23.5 Å². The van der Waals surface area contributed by atoms with Crippen molar-refractivity contribution in [3.05, 3.63) is 42.1 Å². The van der Waals surface area contributed by atoms with Crippen LogP contribution in [0.2, 0.25) is 0 Å². The Morgan fingerprint density at radius 3 is 1.59 bits per heavy atom. The quantitative estimate of drug-likeness (QED) is 0.434. The van der Waals surface area contributed by atoms with Crippen molar-refractivity contribution in [1.29, 1.82) is 0 Å². The van der Waals surface area contributed by atoms with Crippen LogP contribution in [0.5, 0.6) is 0 Å². The van der Waals surface area contributed by atoms with Gasteiger partial charge >= 0.3 is 0 Å². The lowest BCUT2D eigenvalue weighted by Crippen LogP contribution is -2.47. The molecular formula is C28H44N6O4P2S. The summed E-state index contributed by atoms with van der Waals surface area (Å²) in [6.45, 7) is 14.8. The molecule has 4 aliphatic rings. The van der Waals surface area contributed by atoms with Crippen molar-refractivity contribution < 1.29 is 18.9 Å². The van der Waals surface area contributed by atoms with Crippen LogP contribution in [0.25, 0.3) is 0 Å². The van der Waals surface area contributed by atoms with E-state index in [0.29, 0.717) is 26.4 Å². The van der Waals surface area contributed by atoms with E-state index in [1.165, 1.54) is 16.3 Å². The topological polar surface area (TPSA) is 67.2 Å². The normalized spacial score (nSPS) is 23.1. The van der Waals surface area contributed by atoms with Crippen LogP contribution in [0.3, 0.4) is 0 Å². The molecule has 1 aromatic heterocycles. The van der Waals surface area contributed by atoms with Gasteiger partial charge in [-0.2, -0.15) is 0 Å². The van der Waals surface area contributed by atoms with Crippen LogP contribution in [0.1, 0.15) is 5.56 Å². The third-order valence-corrected chi connectivity index (χ3v) is 17.7. The zero-order chi connectivity index (χ0) is 28.3. The van der Waals surface area contributed by atoms with Crippen LogP contribution < -0.4 is 10.7 Å². The predicted molar refractivity (Wildman–Crippen MR) is 169 cm³/mol. The Morgan fingerprint density at radius 2 is 1.12 bits per heavy atom. The highest BCUT2D eigenvalue weighted by Crippen LogP contribution is 2.60. The van der Waals surface area contributed by atoms with Crippen LogP contribution in [0.15, 0.2) is 41.3 Å². The highest BCUT2D eigenvalue weighted by atomic mass is 32.4. The minimum absolute atomic E-state index is 0.714. The van der Waals surface area contributed by atoms with Gasteiger partial charge in [0.05, 0.1) is 64.0 Å². The summed E-state index contributed by atoms with van der Waals surface area (Å²) in [5, 5.41) is 1.25. The molecule has 0 atom stereocenters. The summed E-state index contributed by atoms with van der Waals surface area (Å²) >= 11 is 6.82. The molecular weight excluding hydrogens is 578 g/mol. The first-order chi connectivity index (χ1) is 20.0. The van der Waals surface area contributed by atoms with Gasteiger partial charge in [0.25, 0.3) is 0 Å². The molecule has 0 saturated carbocycles. The van der Waals surface area contributed by atoms with Crippen molar-refractivity contribution in [3.8, 4) is 0 Å². The second kappa shape index (κ2) is 13.4. The third-order valence-electron chi connectivity index (χ3n) is 8.48. The van der Waals surface area contributed by atoms with Gasteiger partial charge in [-0.1, -0.05) is 30.0 Å². The summed E-state index contributed by atoms with van der Waals surface area (Å²) in [6, 6.07) is 11.0. The number of aromatic nitrogens is 1. The third kappa shape index (κ3) is 5.94. The maximum Gasteiger partial charge on any atom is 0.148 e. The molecule has 0 N–H and O–H groups in total. The lowest BCUT2D eigenvalue weighted by molar-refractivity contribution is 0.0577. The van der Waals surface area contributed by atoms with Crippen LogP contribution >= 0.6 is 13.7 Å². The van der Waals surface area contributed by atoms with Crippen molar-refractivity contribution in [2.45, 2.75) is 6.92 Å². The van der Waals surface area contributed by atoms with Gasteiger partial charge in [-0.05, 0) is 24.6 Å². The van der Waals surface area contributed by atoms with Crippen LogP contribution in [0, 0.1) is 6.92 Å². The molecule has 4 aliphatic heterocycles. The Labute approximate surface area is 249 Å². The van der Waals surface area contributed by atoms with Gasteiger partial charge in [-0.3, -0.25) is 9.34 Å². The Kier molecular flexibility index (Phi) is 9.81. The fourth-order valence-electron chi connectivity index (χ4n) is 6.29. The highest BCUT2D eigenvalue weighted by Gasteiger charge is 2.43. The Bertz CT molecular complexity index is 1240. The summed E-state index contributed by atoms with van der Waals surface area (Å²) in [5.41, 5.74) is 3.51. The van der Waals surface area contributed by atoms with E-state index in [1.54, 1.807) is 0 Å². The van der Waals surface area contributed by atoms with Gasteiger partial charge in [-0.25, -0.2) is 14.1 Å². The fourth-order valence-corrected chi connectivity index (χ4v) is 14.8. The maximum absolute atomic E-state index is 6.82. The number of morpholine rings is 4. The van der Waals surface area contributed by atoms with E-state index in [1.807, 2.05) is 0 Å². The molecule has 4 fully saturated rings. The number of hydrogen-bond acceptors (Lipinski definition) is 6. The average molecular weight is 623 g/mol. The largest absolute Gasteiger partial charge is 0.379 e. The SMILES string of the molecule is Cc1ccccc1N=P(c1cc(P(=S)(N2CCOCC2)N2CCOCC2)cn1C)(N1CCOCC1)N1CCOCC1. The second-order valence-electron chi connectivity index (χ2n) is 10.9. The van der Waals surface area contributed by atoms with E-state index in [2.05, 4.69) is 73.7 Å².